The molecular weight excluding hydrogens is 232 g/mol. The third-order valence-electron chi connectivity index (χ3n) is 3.14. The highest BCUT2D eigenvalue weighted by Gasteiger charge is 2.23. The van der Waals surface area contributed by atoms with Crippen molar-refractivity contribution in [2.75, 3.05) is 6.54 Å². The molecule has 18 heavy (non-hydrogen) atoms. The Balaban J connectivity index is 2.74. The summed E-state index contributed by atoms with van der Waals surface area (Å²) in [5, 5.41) is 12.7. The van der Waals surface area contributed by atoms with E-state index in [9.17, 15) is 14.7 Å². The first-order valence-corrected chi connectivity index (χ1v) is 6.11. The summed E-state index contributed by atoms with van der Waals surface area (Å²) in [5.41, 5.74) is -0.243. The molecule has 0 saturated heterocycles. The molecule has 1 aromatic rings. The van der Waals surface area contributed by atoms with Crippen LogP contribution in [0.3, 0.4) is 0 Å². The third kappa shape index (κ3) is 3.70. The number of carbonyl (C=O) groups excluding carboxylic acids is 1. The Labute approximate surface area is 106 Å². The van der Waals surface area contributed by atoms with E-state index < -0.39 is 5.60 Å². The molecule has 0 atom stereocenters. The summed E-state index contributed by atoms with van der Waals surface area (Å²) in [6, 6.07) is 2.85. The van der Waals surface area contributed by atoms with Crippen molar-refractivity contribution in [2.45, 2.75) is 39.2 Å². The fourth-order valence-corrected chi connectivity index (χ4v) is 1.66. The van der Waals surface area contributed by atoms with Gasteiger partial charge in [0.2, 0.25) is 5.56 Å². The fourth-order valence-electron chi connectivity index (χ4n) is 1.66. The lowest BCUT2D eigenvalue weighted by Gasteiger charge is -2.25. The Morgan fingerprint density at radius 1 is 1.39 bits per heavy atom. The minimum Gasteiger partial charge on any atom is -0.388 e. The number of rotatable bonds is 5. The lowest BCUT2D eigenvalue weighted by atomic mass is 9.97. The van der Waals surface area contributed by atoms with Crippen molar-refractivity contribution in [3.8, 4) is 0 Å². The zero-order valence-electron chi connectivity index (χ0n) is 11.0. The van der Waals surface area contributed by atoms with Crippen LogP contribution in [0.1, 0.15) is 42.7 Å². The first-order valence-electron chi connectivity index (χ1n) is 6.11. The number of hydrogen-bond donors (Lipinski definition) is 3. The molecular formula is C13H20N2O3. The highest BCUT2D eigenvalue weighted by Crippen LogP contribution is 2.13. The van der Waals surface area contributed by atoms with E-state index in [4.69, 9.17) is 0 Å². The molecule has 0 unspecified atom stereocenters. The molecule has 0 spiro atoms. The summed E-state index contributed by atoms with van der Waals surface area (Å²) in [6.07, 6.45) is 1.14. The summed E-state index contributed by atoms with van der Waals surface area (Å²) in [5.74, 6) is -0.343. The van der Waals surface area contributed by atoms with Gasteiger partial charge in [-0.2, -0.15) is 0 Å². The van der Waals surface area contributed by atoms with Crippen molar-refractivity contribution in [3.05, 3.63) is 33.7 Å². The van der Waals surface area contributed by atoms with Crippen molar-refractivity contribution in [1.29, 1.82) is 0 Å². The fraction of sp³-hybridized carbons (Fsp3) is 0.538. The quantitative estimate of drug-likeness (QED) is 0.730. The van der Waals surface area contributed by atoms with E-state index >= 15 is 0 Å². The van der Waals surface area contributed by atoms with Gasteiger partial charge in [0.25, 0.3) is 5.91 Å². The van der Waals surface area contributed by atoms with E-state index in [1.54, 1.807) is 13.0 Å². The summed E-state index contributed by atoms with van der Waals surface area (Å²) in [7, 11) is 0. The Hall–Kier alpha value is -1.62. The number of pyridine rings is 1. The van der Waals surface area contributed by atoms with Crippen LogP contribution in [0.4, 0.5) is 0 Å². The third-order valence-corrected chi connectivity index (χ3v) is 3.14. The minimum absolute atomic E-state index is 0.185. The van der Waals surface area contributed by atoms with Gasteiger partial charge in [-0.3, -0.25) is 9.59 Å². The van der Waals surface area contributed by atoms with Crippen LogP contribution in [0.25, 0.3) is 0 Å². The number of aromatic amines is 1. The molecule has 1 rings (SSSR count). The van der Waals surface area contributed by atoms with Gasteiger partial charge in [0, 0.05) is 23.9 Å². The van der Waals surface area contributed by atoms with Crippen LogP contribution >= 0.6 is 0 Å². The van der Waals surface area contributed by atoms with E-state index in [0.717, 1.165) is 0 Å². The predicted molar refractivity (Wildman–Crippen MR) is 69.7 cm³/mol. The van der Waals surface area contributed by atoms with Gasteiger partial charge in [-0.15, -0.1) is 0 Å². The van der Waals surface area contributed by atoms with Gasteiger partial charge < -0.3 is 15.4 Å². The van der Waals surface area contributed by atoms with Gasteiger partial charge in [-0.25, -0.2) is 0 Å². The van der Waals surface area contributed by atoms with Crippen LogP contribution in [-0.4, -0.2) is 28.1 Å². The number of aliphatic hydroxyl groups is 1. The molecule has 5 nitrogen and oxygen atoms in total. The number of H-pyrrole nitrogens is 1. The molecule has 0 bridgehead atoms. The van der Waals surface area contributed by atoms with Crippen LogP contribution in [-0.2, 0) is 0 Å². The van der Waals surface area contributed by atoms with Gasteiger partial charge >= 0.3 is 0 Å². The maximum Gasteiger partial charge on any atom is 0.251 e. The second-order valence-corrected chi connectivity index (χ2v) is 4.53. The molecule has 0 aliphatic rings. The molecule has 1 aromatic heterocycles. The van der Waals surface area contributed by atoms with Crippen LogP contribution in [0.5, 0.6) is 0 Å². The zero-order chi connectivity index (χ0) is 13.8. The average molecular weight is 252 g/mol. The van der Waals surface area contributed by atoms with Crippen molar-refractivity contribution in [3.63, 3.8) is 0 Å². The van der Waals surface area contributed by atoms with Gasteiger partial charge in [0.1, 0.15) is 0 Å². The maximum absolute atomic E-state index is 11.9. The van der Waals surface area contributed by atoms with Crippen molar-refractivity contribution in [1.82, 2.24) is 10.3 Å². The van der Waals surface area contributed by atoms with Gasteiger partial charge in [-0.05, 0) is 25.8 Å². The minimum atomic E-state index is -0.883. The number of aromatic nitrogens is 1. The molecule has 3 N–H and O–H groups in total. The summed E-state index contributed by atoms with van der Waals surface area (Å²) < 4.78 is 0. The molecule has 5 heteroatoms. The Morgan fingerprint density at radius 2 is 2.00 bits per heavy atom. The SMILES string of the molecule is CCC(O)(CC)CNC(=O)c1cc(C)[nH]c(=O)c1. The van der Waals surface area contributed by atoms with Crippen LogP contribution < -0.4 is 10.9 Å². The smallest absolute Gasteiger partial charge is 0.251 e. The van der Waals surface area contributed by atoms with Crippen molar-refractivity contribution < 1.29 is 9.90 Å². The summed E-state index contributed by atoms with van der Waals surface area (Å²) in [4.78, 5) is 25.7. The summed E-state index contributed by atoms with van der Waals surface area (Å²) >= 11 is 0. The largest absolute Gasteiger partial charge is 0.388 e. The topological polar surface area (TPSA) is 82.2 Å². The standard InChI is InChI=1S/C13H20N2O3/c1-4-13(18,5-2)8-14-12(17)10-6-9(3)15-11(16)7-10/h6-7,18H,4-5,8H2,1-3H3,(H,14,17)(H,15,16). The zero-order valence-corrected chi connectivity index (χ0v) is 11.0. The van der Waals surface area contributed by atoms with Crippen LogP contribution in [0.2, 0.25) is 0 Å². The van der Waals surface area contributed by atoms with Gasteiger partial charge in [0.05, 0.1) is 5.60 Å². The van der Waals surface area contributed by atoms with Gasteiger partial charge in [0.15, 0.2) is 0 Å². The second kappa shape index (κ2) is 5.82. The van der Waals surface area contributed by atoms with E-state index in [1.807, 2.05) is 13.8 Å². The molecule has 0 aliphatic heterocycles. The maximum atomic E-state index is 11.9. The second-order valence-electron chi connectivity index (χ2n) is 4.53. The lowest BCUT2D eigenvalue weighted by Crippen LogP contribution is -2.42. The molecule has 0 fully saturated rings. The van der Waals surface area contributed by atoms with E-state index in [0.29, 0.717) is 24.1 Å². The highest BCUT2D eigenvalue weighted by molar-refractivity contribution is 5.94. The Bertz CT molecular complexity index is 475. The Kier molecular flexibility index (Phi) is 4.67. The molecule has 0 aliphatic carbocycles. The predicted octanol–water partition coefficient (Wildman–Crippen LogP) is 0.964. The number of nitrogens with one attached hydrogen (secondary N) is 2. The van der Waals surface area contributed by atoms with Crippen molar-refractivity contribution in [2.24, 2.45) is 0 Å². The average Bonchev–Trinajstić information content (AvgIpc) is 2.34. The number of hydrogen-bond acceptors (Lipinski definition) is 3. The number of aryl methyl sites for hydroxylation is 1. The molecule has 0 radical (unpaired) electrons. The summed E-state index contributed by atoms with van der Waals surface area (Å²) in [6.45, 7) is 5.64. The lowest BCUT2D eigenvalue weighted by molar-refractivity contribution is 0.0314. The molecule has 0 saturated carbocycles. The number of carbonyl (C=O) groups is 1. The highest BCUT2D eigenvalue weighted by atomic mass is 16.3. The van der Waals surface area contributed by atoms with Gasteiger partial charge in [-0.1, -0.05) is 13.8 Å². The Morgan fingerprint density at radius 3 is 2.50 bits per heavy atom. The molecule has 1 amide bonds. The first-order chi connectivity index (χ1) is 8.40. The molecule has 1 heterocycles. The molecule has 0 aromatic carbocycles. The van der Waals surface area contributed by atoms with Crippen molar-refractivity contribution >= 4 is 5.91 Å². The first kappa shape index (κ1) is 14.4. The van der Waals surface area contributed by atoms with Crippen LogP contribution in [0.15, 0.2) is 16.9 Å². The van der Waals surface area contributed by atoms with Crippen LogP contribution in [0, 0.1) is 6.92 Å². The normalized spacial score (nSPS) is 11.3. The van der Waals surface area contributed by atoms with E-state index in [-0.39, 0.29) is 18.0 Å². The molecule has 100 valence electrons. The number of amides is 1. The monoisotopic (exact) mass is 252 g/mol. The van der Waals surface area contributed by atoms with E-state index in [2.05, 4.69) is 10.3 Å². The van der Waals surface area contributed by atoms with E-state index in [1.165, 1.54) is 6.07 Å².